The number of benzene rings is 1. The fourth-order valence-corrected chi connectivity index (χ4v) is 1.93. The van der Waals surface area contributed by atoms with Crippen LogP contribution in [0, 0.1) is 6.92 Å². The van der Waals surface area contributed by atoms with E-state index in [0.717, 1.165) is 0 Å². The minimum Gasteiger partial charge on any atom is -0.394 e. The Labute approximate surface area is 112 Å². The molecule has 1 aromatic rings. The van der Waals surface area contributed by atoms with Crippen molar-refractivity contribution in [3.63, 3.8) is 0 Å². The third-order valence-electron chi connectivity index (χ3n) is 3.72. The molecule has 0 fully saturated rings. The van der Waals surface area contributed by atoms with E-state index < -0.39 is 0 Å². The van der Waals surface area contributed by atoms with Crippen molar-refractivity contribution in [2.75, 3.05) is 18.6 Å². The van der Waals surface area contributed by atoms with Crippen LogP contribution in [0.25, 0.3) is 0 Å². The third-order valence-corrected chi connectivity index (χ3v) is 3.72. The summed E-state index contributed by atoms with van der Waals surface area (Å²) in [7, 11) is 2.04. The highest BCUT2D eigenvalue weighted by Crippen LogP contribution is 2.30. The Bertz CT molecular complexity index is 416. The van der Waals surface area contributed by atoms with Gasteiger partial charge >= 0.3 is 0 Å². The van der Waals surface area contributed by atoms with Gasteiger partial charge in [-0.2, -0.15) is 0 Å². The molecule has 102 valence electrons. The molecule has 0 radical (unpaired) electrons. The molecule has 1 rings (SSSR count). The zero-order valence-corrected chi connectivity index (χ0v) is 12.8. The van der Waals surface area contributed by atoms with Crippen molar-refractivity contribution >= 4 is 5.69 Å². The maximum atomic E-state index is 9.46. The molecule has 2 heteroatoms. The van der Waals surface area contributed by atoms with Gasteiger partial charge in [-0.1, -0.05) is 32.9 Å². The van der Waals surface area contributed by atoms with E-state index in [1.165, 1.54) is 16.8 Å². The maximum absolute atomic E-state index is 9.46. The number of aliphatic hydroxyl groups excluding tert-OH is 1. The number of hydrogen-bond donors (Lipinski definition) is 1. The van der Waals surface area contributed by atoms with E-state index in [1.807, 2.05) is 20.9 Å². The Morgan fingerprint density at radius 1 is 1.11 bits per heavy atom. The molecule has 0 aliphatic heterocycles. The molecule has 0 aliphatic carbocycles. The van der Waals surface area contributed by atoms with Crippen LogP contribution in [0.1, 0.15) is 45.7 Å². The van der Waals surface area contributed by atoms with E-state index in [-0.39, 0.29) is 17.6 Å². The van der Waals surface area contributed by atoms with Crippen molar-refractivity contribution in [2.45, 2.75) is 52.5 Å². The van der Waals surface area contributed by atoms with Gasteiger partial charge in [-0.25, -0.2) is 0 Å². The number of anilines is 1. The third kappa shape index (κ3) is 3.05. The van der Waals surface area contributed by atoms with Gasteiger partial charge in [-0.3, -0.25) is 0 Å². The van der Waals surface area contributed by atoms with Crippen LogP contribution in [0.3, 0.4) is 0 Å². The van der Waals surface area contributed by atoms with Crippen molar-refractivity contribution in [3.8, 4) is 0 Å². The molecular formula is C16H27NO. The Morgan fingerprint density at radius 3 is 2.06 bits per heavy atom. The van der Waals surface area contributed by atoms with Crippen molar-refractivity contribution in [1.29, 1.82) is 0 Å². The molecule has 0 spiro atoms. The van der Waals surface area contributed by atoms with Gasteiger partial charge in [0.25, 0.3) is 0 Å². The fraction of sp³-hybridized carbons (Fsp3) is 0.625. The normalized spacial score (nSPS) is 12.7. The van der Waals surface area contributed by atoms with Gasteiger partial charge in [0.15, 0.2) is 0 Å². The average Bonchev–Trinajstić information content (AvgIpc) is 2.26. The molecule has 2 nitrogen and oxygen atoms in total. The van der Waals surface area contributed by atoms with Crippen molar-refractivity contribution in [2.24, 2.45) is 0 Å². The lowest BCUT2D eigenvalue weighted by Crippen LogP contribution is -2.44. The largest absolute Gasteiger partial charge is 0.394 e. The van der Waals surface area contributed by atoms with Crippen LogP contribution in [-0.4, -0.2) is 24.3 Å². The molecule has 18 heavy (non-hydrogen) atoms. The van der Waals surface area contributed by atoms with Crippen LogP contribution in [0.2, 0.25) is 0 Å². The smallest absolute Gasteiger partial charge is 0.0658 e. The van der Waals surface area contributed by atoms with E-state index in [0.29, 0.717) is 0 Å². The predicted molar refractivity (Wildman–Crippen MR) is 79.4 cm³/mol. The first-order valence-electron chi connectivity index (χ1n) is 6.55. The topological polar surface area (TPSA) is 23.5 Å². The summed E-state index contributed by atoms with van der Waals surface area (Å²) in [6, 6.07) is 6.60. The minimum absolute atomic E-state index is 0.143. The molecule has 0 atom stereocenters. The van der Waals surface area contributed by atoms with Crippen molar-refractivity contribution < 1.29 is 5.11 Å². The van der Waals surface area contributed by atoms with Gasteiger partial charge in [0.05, 0.1) is 12.1 Å². The van der Waals surface area contributed by atoms with Crippen LogP contribution in [-0.2, 0) is 5.41 Å². The average molecular weight is 249 g/mol. The minimum atomic E-state index is -0.242. The summed E-state index contributed by atoms with van der Waals surface area (Å²) in [5.74, 6) is 0. The maximum Gasteiger partial charge on any atom is 0.0658 e. The highest BCUT2D eigenvalue weighted by Gasteiger charge is 2.24. The van der Waals surface area contributed by atoms with Crippen LogP contribution in [0.15, 0.2) is 18.2 Å². The fourth-order valence-electron chi connectivity index (χ4n) is 1.93. The number of aryl methyl sites for hydroxylation is 1. The van der Waals surface area contributed by atoms with E-state index in [1.54, 1.807) is 0 Å². The van der Waals surface area contributed by atoms with Crippen LogP contribution in [0.5, 0.6) is 0 Å². The number of likely N-dealkylation sites (N-methyl/N-ethyl adjacent to an activating group) is 1. The summed E-state index contributed by atoms with van der Waals surface area (Å²) < 4.78 is 0. The highest BCUT2D eigenvalue weighted by atomic mass is 16.3. The second-order valence-electron chi connectivity index (χ2n) is 6.78. The molecule has 0 amide bonds. The monoisotopic (exact) mass is 249 g/mol. The van der Waals surface area contributed by atoms with Crippen molar-refractivity contribution in [1.82, 2.24) is 0 Å². The zero-order valence-electron chi connectivity index (χ0n) is 12.8. The Morgan fingerprint density at radius 2 is 1.67 bits per heavy atom. The molecule has 0 saturated carbocycles. The molecular weight excluding hydrogens is 222 g/mol. The van der Waals surface area contributed by atoms with E-state index >= 15 is 0 Å². The Hall–Kier alpha value is -1.02. The quantitative estimate of drug-likeness (QED) is 0.886. The Kier molecular flexibility index (Phi) is 4.12. The summed E-state index contributed by atoms with van der Waals surface area (Å²) in [6.45, 7) is 13.0. The van der Waals surface area contributed by atoms with E-state index in [2.05, 4.69) is 50.8 Å². The second-order valence-corrected chi connectivity index (χ2v) is 6.78. The SMILES string of the molecule is Cc1cc(C(C)(C)C)ccc1N(C)C(C)(C)CO. The zero-order chi connectivity index (χ0) is 14.1. The number of aliphatic hydroxyl groups is 1. The van der Waals surface area contributed by atoms with Crippen molar-refractivity contribution in [3.05, 3.63) is 29.3 Å². The highest BCUT2D eigenvalue weighted by molar-refractivity contribution is 5.56. The first-order valence-corrected chi connectivity index (χ1v) is 6.55. The summed E-state index contributed by atoms with van der Waals surface area (Å²) in [5.41, 5.74) is 3.72. The first kappa shape index (κ1) is 15.0. The number of hydrogen-bond acceptors (Lipinski definition) is 2. The molecule has 0 unspecified atom stereocenters. The van der Waals surface area contributed by atoms with Gasteiger partial charge in [0.1, 0.15) is 0 Å². The molecule has 0 heterocycles. The summed E-state index contributed by atoms with van der Waals surface area (Å²) in [6.07, 6.45) is 0. The van der Waals surface area contributed by atoms with Gasteiger partial charge in [0, 0.05) is 12.7 Å². The van der Waals surface area contributed by atoms with Crippen LogP contribution in [0.4, 0.5) is 5.69 Å². The van der Waals surface area contributed by atoms with Gasteiger partial charge in [0.2, 0.25) is 0 Å². The number of nitrogens with zero attached hydrogens (tertiary/aromatic N) is 1. The summed E-state index contributed by atoms with van der Waals surface area (Å²) in [4.78, 5) is 2.15. The number of rotatable bonds is 3. The van der Waals surface area contributed by atoms with Gasteiger partial charge in [-0.15, -0.1) is 0 Å². The van der Waals surface area contributed by atoms with Crippen LogP contribution >= 0.6 is 0 Å². The van der Waals surface area contributed by atoms with Crippen LogP contribution < -0.4 is 4.90 Å². The molecule has 0 saturated heterocycles. The van der Waals surface area contributed by atoms with E-state index in [9.17, 15) is 5.11 Å². The lowest BCUT2D eigenvalue weighted by Gasteiger charge is -2.37. The molecule has 0 aromatic heterocycles. The standard InChI is InChI=1S/C16H27NO/c1-12-10-13(15(2,3)4)8-9-14(12)17(7)16(5,6)11-18/h8-10,18H,11H2,1-7H3. The summed E-state index contributed by atoms with van der Waals surface area (Å²) >= 11 is 0. The lowest BCUT2D eigenvalue weighted by atomic mass is 9.85. The first-order chi connectivity index (χ1) is 8.09. The molecule has 0 aliphatic rings. The predicted octanol–water partition coefficient (Wildman–Crippen LogP) is 3.50. The molecule has 1 aromatic carbocycles. The van der Waals surface area contributed by atoms with Gasteiger partial charge < -0.3 is 10.0 Å². The lowest BCUT2D eigenvalue weighted by molar-refractivity contribution is 0.216. The van der Waals surface area contributed by atoms with E-state index in [4.69, 9.17) is 0 Å². The molecule has 0 bridgehead atoms. The molecule has 1 N–H and O–H groups in total. The summed E-state index contributed by atoms with van der Waals surface area (Å²) in [5, 5.41) is 9.46. The second kappa shape index (κ2) is 4.93. The van der Waals surface area contributed by atoms with Gasteiger partial charge in [-0.05, 0) is 43.4 Å². The Balaban J connectivity index is 3.14.